The second kappa shape index (κ2) is 4.39. The van der Waals surface area contributed by atoms with Crippen LogP contribution in [0.4, 0.5) is 11.6 Å². The van der Waals surface area contributed by atoms with Gasteiger partial charge in [-0.1, -0.05) is 0 Å². The minimum absolute atomic E-state index is 0.0932. The van der Waals surface area contributed by atoms with Crippen molar-refractivity contribution in [2.75, 3.05) is 11.2 Å². The molecule has 0 saturated carbocycles. The van der Waals surface area contributed by atoms with Gasteiger partial charge in [0.15, 0.2) is 11.5 Å². The molecule has 1 aromatic heterocycles. The minimum Gasteiger partial charge on any atom is -0.504 e. The van der Waals surface area contributed by atoms with Crippen molar-refractivity contribution in [2.45, 2.75) is 0 Å². The standard InChI is InChI=1S/C9H9N5O3/c10-8-9(14-17-13-8)12-11-4-5-1-2-6(15)7(16)3-5/h1-4,15-16H,(H2,10,13)(H,12,14)/b11-4-. The van der Waals surface area contributed by atoms with Crippen molar-refractivity contribution in [3.8, 4) is 11.5 Å². The van der Waals surface area contributed by atoms with Crippen LogP contribution in [0.5, 0.6) is 11.5 Å². The molecule has 0 bridgehead atoms. The molecule has 0 saturated heterocycles. The first-order chi connectivity index (χ1) is 8.16. The molecule has 0 fully saturated rings. The van der Waals surface area contributed by atoms with Gasteiger partial charge in [-0.05, 0) is 34.1 Å². The van der Waals surface area contributed by atoms with Crippen LogP contribution in [0.25, 0.3) is 0 Å². The van der Waals surface area contributed by atoms with E-state index in [-0.39, 0.29) is 23.1 Å². The maximum atomic E-state index is 9.24. The highest BCUT2D eigenvalue weighted by atomic mass is 16.6. The summed E-state index contributed by atoms with van der Waals surface area (Å²) >= 11 is 0. The summed E-state index contributed by atoms with van der Waals surface area (Å²) < 4.78 is 4.35. The molecular formula is C9H9N5O3. The Labute approximate surface area is 95.3 Å². The molecule has 0 atom stereocenters. The second-order valence-corrected chi connectivity index (χ2v) is 3.12. The average molecular weight is 235 g/mol. The number of nitrogens with zero attached hydrogens (tertiary/aromatic N) is 3. The molecular weight excluding hydrogens is 226 g/mol. The van der Waals surface area contributed by atoms with E-state index in [0.29, 0.717) is 5.56 Å². The van der Waals surface area contributed by atoms with Gasteiger partial charge in [0.05, 0.1) is 6.21 Å². The quantitative estimate of drug-likeness (QED) is 0.346. The van der Waals surface area contributed by atoms with E-state index in [9.17, 15) is 5.11 Å². The lowest BCUT2D eigenvalue weighted by Crippen LogP contribution is -1.95. The van der Waals surface area contributed by atoms with E-state index < -0.39 is 0 Å². The van der Waals surface area contributed by atoms with E-state index in [2.05, 4.69) is 25.5 Å². The lowest BCUT2D eigenvalue weighted by atomic mass is 10.2. The van der Waals surface area contributed by atoms with E-state index in [1.165, 1.54) is 18.3 Å². The van der Waals surface area contributed by atoms with Gasteiger partial charge in [0.25, 0.3) is 0 Å². The van der Waals surface area contributed by atoms with Crippen LogP contribution >= 0.6 is 0 Å². The molecule has 0 radical (unpaired) electrons. The SMILES string of the molecule is Nc1nonc1N/N=C\c1ccc(O)c(O)c1. The highest BCUT2D eigenvalue weighted by molar-refractivity contribution is 5.81. The van der Waals surface area contributed by atoms with Crippen molar-refractivity contribution in [3.05, 3.63) is 23.8 Å². The fourth-order valence-electron chi connectivity index (χ4n) is 1.06. The molecule has 5 N–H and O–H groups in total. The Morgan fingerprint density at radius 1 is 1.29 bits per heavy atom. The Morgan fingerprint density at radius 2 is 2.12 bits per heavy atom. The first kappa shape index (κ1) is 10.7. The lowest BCUT2D eigenvalue weighted by molar-refractivity contribution is 0.310. The lowest BCUT2D eigenvalue weighted by Gasteiger charge is -1.98. The number of nitrogens with two attached hydrogens (primary N) is 1. The van der Waals surface area contributed by atoms with E-state index in [0.717, 1.165) is 0 Å². The van der Waals surface area contributed by atoms with E-state index in [4.69, 9.17) is 10.8 Å². The number of phenols is 2. The number of benzene rings is 1. The molecule has 1 aromatic carbocycles. The number of anilines is 2. The zero-order valence-electron chi connectivity index (χ0n) is 8.53. The summed E-state index contributed by atoms with van der Waals surface area (Å²) in [4.78, 5) is 0. The first-order valence-electron chi connectivity index (χ1n) is 4.56. The monoisotopic (exact) mass is 235 g/mol. The number of hydrogen-bond acceptors (Lipinski definition) is 8. The highest BCUT2D eigenvalue weighted by Gasteiger charge is 2.03. The molecule has 2 rings (SSSR count). The van der Waals surface area contributed by atoms with Crippen LogP contribution in [-0.4, -0.2) is 26.7 Å². The molecule has 0 aliphatic heterocycles. The number of aromatic hydroxyl groups is 2. The van der Waals surface area contributed by atoms with E-state index in [1.54, 1.807) is 6.07 Å². The number of hydrogen-bond donors (Lipinski definition) is 4. The summed E-state index contributed by atoms with van der Waals surface area (Å²) in [5.41, 5.74) is 8.48. The number of rotatable bonds is 3. The maximum Gasteiger partial charge on any atom is 0.235 e. The van der Waals surface area contributed by atoms with Gasteiger partial charge in [-0.15, -0.1) is 0 Å². The van der Waals surface area contributed by atoms with E-state index in [1.807, 2.05) is 0 Å². The van der Waals surface area contributed by atoms with Crippen LogP contribution in [0.1, 0.15) is 5.56 Å². The average Bonchev–Trinajstić information content (AvgIpc) is 2.70. The third-order valence-corrected chi connectivity index (χ3v) is 1.90. The van der Waals surface area contributed by atoms with Gasteiger partial charge in [0.1, 0.15) is 0 Å². The van der Waals surface area contributed by atoms with Gasteiger partial charge >= 0.3 is 0 Å². The highest BCUT2D eigenvalue weighted by Crippen LogP contribution is 2.24. The largest absolute Gasteiger partial charge is 0.504 e. The first-order valence-corrected chi connectivity index (χ1v) is 4.56. The zero-order valence-corrected chi connectivity index (χ0v) is 8.53. The molecule has 2 aromatic rings. The molecule has 88 valence electrons. The van der Waals surface area contributed by atoms with Gasteiger partial charge in [0.2, 0.25) is 11.6 Å². The third kappa shape index (κ3) is 2.43. The maximum absolute atomic E-state index is 9.24. The summed E-state index contributed by atoms with van der Waals surface area (Å²) in [5, 5.41) is 28.9. The van der Waals surface area contributed by atoms with Crippen LogP contribution in [0, 0.1) is 0 Å². The molecule has 17 heavy (non-hydrogen) atoms. The Balaban J connectivity index is 2.06. The van der Waals surface area contributed by atoms with Crippen LogP contribution in [0.2, 0.25) is 0 Å². The summed E-state index contributed by atoms with van der Waals surface area (Å²) in [7, 11) is 0. The van der Waals surface area contributed by atoms with Crippen molar-refractivity contribution in [2.24, 2.45) is 5.10 Å². The van der Waals surface area contributed by atoms with Crippen molar-refractivity contribution in [1.82, 2.24) is 10.3 Å². The summed E-state index contributed by atoms with van der Waals surface area (Å²) in [6.45, 7) is 0. The zero-order chi connectivity index (χ0) is 12.3. The van der Waals surface area contributed by atoms with Gasteiger partial charge in [-0.3, -0.25) is 5.43 Å². The molecule has 0 aliphatic rings. The predicted molar refractivity (Wildman–Crippen MR) is 59.7 cm³/mol. The number of nitrogen functional groups attached to an aromatic ring is 1. The normalized spacial score (nSPS) is 10.8. The predicted octanol–water partition coefficient (Wildman–Crippen LogP) is 0.509. The van der Waals surface area contributed by atoms with Crippen LogP contribution in [0.15, 0.2) is 27.9 Å². The van der Waals surface area contributed by atoms with Gasteiger partial charge in [-0.25, -0.2) is 4.63 Å². The Morgan fingerprint density at radius 3 is 2.76 bits per heavy atom. The van der Waals surface area contributed by atoms with Gasteiger partial charge in [-0.2, -0.15) is 5.10 Å². The molecule has 0 unspecified atom stereocenters. The summed E-state index contributed by atoms with van der Waals surface area (Å²) in [6.07, 6.45) is 1.41. The third-order valence-electron chi connectivity index (χ3n) is 1.90. The van der Waals surface area contributed by atoms with Crippen molar-refractivity contribution in [3.63, 3.8) is 0 Å². The number of nitrogens with one attached hydrogen (secondary N) is 1. The Bertz CT molecular complexity index is 551. The van der Waals surface area contributed by atoms with Crippen LogP contribution < -0.4 is 11.2 Å². The number of aromatic nitrogens is 2. The smallest absolute Gasteiger partial charge is 0.235 e. The van der Waals surface area contributed by atoms with Crippen molar-refractivity contribution >= 4 is 17.9 Å². The molecule has 8 heteroatoms. The van der Waals surface area contributed by atoms with Crippen molar-refractivity contribution < 1.29 is 14.8 Å². The van der Waals surface area contributed by atoms with E-state index >= 15 is 0 Å². The van der Waals surface area contributed by atoms with Crippen LogP contribution in [0.3, 0.4) is 0 Å². The van der Waals surface area contributed by atoms with Crippen LogP contribution in [-0.2, 0) is 0 Å². The van der Waals surface area contributed by atoms with Crippen molar-refractivity contribution in [1.29, 1.82) is 0 Å². The fourth-order valence-corrected chi connectivity index (χ4v) is 1.06. The molecule has 8 nitrogen and oxygen atoms in total. The minimum atomic E-state index is -0.225. The number of hydrazone groups is 1. The Kier molecular flexibility index (Phi) is 2.77. The molecule has 1 heterocycles. The summed E-state index contributed by atoms with van der Waals surface area (Å²) in [5.74, 6) is -0.128. The molecule has 0 spiro atoms. The van der Waals surface area contributed by atoms with Gasteiger partial charge in [0, 0.05) is 0 Å². The Hall–Kier alpha value is -2.77. The van der Waals surface area contributed by atoms with Gasteiger partial charge < -0.3 is 15.9 Å². The summed E-state index contributed by atoms with van der Waals surface area (Å²) in [6, 6.07) is 4.28. The topological polar surface area (TPSA) is 130 Å². The number of phenolic OH excluding ortho intramolecular Hbond substituents is 2. The molecule has 0 aliphatic carbocycles. The fraction of sp³-hybridized carbons (Fsp3) is 0. The molecule has 0 amide bonds. The second-order valence-electron chi connectivity index (χ2n) is 3.12.